The van der Waals surface area contributed by atoms with E-state index < -0.39 is 0 Å². The minimum absolute atomic E-state index is 0.852. The van der Waals surface area contributed by atoms with Gasteiger partial charge in [0.15, 0.2) is 0 Å². The highest BCUT2D eigenvalue weighted by atomic mass is 79.9. The molecular formula is C12H14BrN3S. The highest BCUT2D eigenvalue weighted by molar-refractivity contribution is 9.10. The molecule has 0 amide bonds. The molecule has 17 heavy (non-hydrogen) atoms. The first kappa shape index (κ1) is 12.5. The van der Waals surface area contributed by atoms with E-state index in [1.165, 1.54) is 4.88 Å². The first-order chi connectivity index (χ1) is 8.08. The van der Waals surface area contributed by atoms with Crippen LogP contribution in [0.3, 0.4) is 0 Å². The predicted octanol–water partition coefficient (Wildman–Crippen LogP) is 3.55. The van der Waals surface area contributed by atoms with E-state index in [0.717, 1.165) is 28.2 Å². The molecule has 2 heterocycles. The standard InChI is InChI=1S/C12H14BrN3S/c1-8-10(13)4-5-12(15-8)16(3)6-11-9(2)14-7-17-11/h4-5,7H,6H2,1-3H3. The van der Waals surface area contributed by atoms with Crippen molar-refractivity contribution in [3.8, 4) is 0 Å². The molecule has 0 N–H and O–H groups in total. The van der Waals surface area contributed by atoms with Gasteiger partial charge < -0.3 is 4.90 Å². The number of thiazole rings is 1. The predicted molar refractivity (Wildman–Crippen MR) is 75.6 cm³/mol. The van der Waals surface area contributed by atoms with Crippen LogP contribution in [0.1, 0.15) is 16.3 Å². The van der Waals surface area contributed by atoms with Crippen LogP contribution in [0.4, 0.5) is 5.82 Å². The van der Waals surface area contributed by atoms with Crippen molar-refractivity contribution in [3.05, 3.63) is 38.4 Å². The largest absolute Gasteiger partial charge is 0.354 e. The quantitative estimate of drug-likeness (QED) is 0.868. The van der Waals surface area contributed by atoms with E-state index in [-0.39, 0.29) is 0 Å². The summed E-state index contributed by atoms with van der Waals surface area (Å²) in [6.45, 7) is 4.89. The average molecular weight is 312 g/mol. The molecule has 2 rings (SSSR count). The molecule has 0 saturated heterocycles. The molecule has 0 aliphatic rings. The highest BCUT2D eigenvalue weighted by Gasteiger charge is 2.08. The summed E-state index contributed by atoms with van der Waals surface area (Å²) in [5, 5.41) is 0. The molecule has 0 radical (unpaired) electrons. The number of aromatic nitrogens is 2. The monoisotopic (exact) mass is 311 g/mol. The van der Waals surface area contributed by atoms with Crippen LogP contribution in [-0.4, -0.2) is 17.0 Å². The lowest BCUT2D eigenvalue weighted by Crippen LogP contribution is -2.17. The Morgan fingerprint density at radius 1 is 1.29 bits per heavy atom. The topological polar surface area (TPSA) is 29.0 Å². The maximum absolute atomic E-state index is 4.55. The third-order valence-electron chi connectivity index (χ3n) is 2.62. The lowest BCUT2D eigenvalue weighted by Gasteiger charge is -2.18. The summed E-state index contributed by atoms with van der Waals surface area (Å²) < 4.78 is 1.05. The molecule has 0 aromatic carbocycles. The SMILES string of the molecule is Cc1nc(N(C)Cc2scnc2C)ccc1Br. The molecule has 0 bridgehead atoms. The summed E-state index contributed by atoms with van der Waals surface area (Å²) in [4.78, 5) is 12.2. The van der Waals surface area contributed by atoms with Crippen LogP contribution in [0.25, 0.3) is 0 Å². The number of halogens is 1. The molecule has 0 saturated carbocycles. The molecule has 0 atom stereocenters. The van der Waals surface area contributed by atoms with E-state index in [0.29, 0.717) is 0 Å². The molecule has 2 aromatic heterocycles. The Balaban J connectivity index is 2.17. The van der Waals surface area contributed by atoms with Gasteiger partial charge in [0, 0.05) is 16.4 Å². The number of hydrogen-bond donors (Lipinski definition) is 0. The fourth-order valence-electron chi connectivity index (χ4n) is 1.52. The van der Waals surface area contributed by atoms with Crippen molar-refractivity contribution in [1.82, 2.24) is 9.97 Å². The van der Waals surface area contributed by atoms with Gasteiger partial charge in [-0.3, -0.25) is 0 Å². The Kier molecular flexibility index (Phi) is 3.79. The van der Waals surface area contributed by atoms with Crippen LogP contribution in [0.15, 0.2) is 22.1 Å². The summed E-state index contributed by atoms with van der Waals surface area (Å²) in [6, 6.07) is 4.06. The van der Waals surface area contributed by atoms with Gasteiger partial charge in [-0.1, -0.05) is 0 Å². The van der Waals surface area contributed by atoms with E-state index >= 15 is 0 Å². The molecule has 5 heteroatoms. The molecular weight excluding hydrogens is 298 g/mol. The summed E-state index contributed by atoms with van der Waals surface area (Å²) in [5.74, 6) is 0.985. The van der Waals surface area contributed by atoms with Gasteiger partial charge in [-0.15, -0.1) is 11.3 Å². The van der Waals surface area contributed by atoms with Crippen molar-refractivity contribution in [2.75, 3.05) is 11.9 Å². The van der Waals surface area contributed by atoms with Crippen LogP contribution in [0.5, 0.6) is 0 Å². The van der Waals surface area contributed by atoms with Gasteiger partial charge >= 0.3 is 0 Å². The molecule has 3 nitrogen and oxygen atoms in total. The van der Waals surface area contributed by atoms with Crippen molar-refractivity contribution in [2.45, 2.75) is 20.4 Å². The molecule has 0 aliphatic heterocycles. The van der Waals surface area contributed by atoms with Gasteiger partial charge in [-0.05, 0) is 41.9 Å². The molecule has 0 unspecified atom stereocenters. The minimum atomic E-state index is 0.852. The second kappa shape index (κ2) is 5.14. The lowest BCUT2D eigenvalue weighted by molar-refractivity contribution is 0.894. The van der Waals surface area contributed by atoms with Crippen molar-refractivity contribution >= 4 is 33.1 Å². The first-order valence-electron chi connectivity index (χ1n) is 5.31. The van der Waals surface area contributed by atoms with Crippen molar-refractivity contribution in [2.24, 2.45) is 0 Å². The Morgan fingerprint density at radius 3 is 2.65 bits per heavy atom. The Labute approximate surface area is 114 Å². The van der Waals surface area contributed by atoms with E-state index in [4.69, 9.17) is 0 Å². The number of aryl methyl sites for hydroxylation is 2. The second-order valence-electron chi connectivity index (χ2n) is 3.95. The fraction of sp³-hybridized carbons (Fsp3) is 0.333. The summed E-state index contributed by atoms with van der Waals surface area (Å²) in [6.07, 6.45) is 0. The van der Waals surface area contributed by atoms with E-state index in [1.807, 2.05) is 31.5 Å². The lowest BCUT2D eigenvalue weighted by atomic mass is 10.3. The van der Waals surface area contributed by atoms with E-state index in [2.05, 4.69) is 37.8 Å². The second-order valence-corrected chi connectivity index (χ2v) is 5.75. The van der Waals surface area contributed by atoms with Crippen LogP contribution < -0.4 is 4.90 Å². The van der Waals surface area contributed by atoms with Gasteiger partial charge in [0.25, 0.3) is 0 Å². The van der Waals surface area contributed by atoms with Gasteiger partial charge in [0.1, 0.15) is 5.82 Å². The van der Waals surface area contributed by atoms with Crippen molar-refractivity contribution in [3.63, 3.8) is 0 Å². The van der Waals surface area contributed by atoms with E-state index in [1.54, 1.807) is 11.3 Å². The average Bonchev–Trinajstić information content (AvgIpc) is 2.68. The van der Waals surface area contributed by atoms with Crippen molar-refractivity contribution < 1.29 is 0 Å². The van der Waals surface area contributed by atoms with Crippen LogP contribution >= 0.6 is 27.3 Å². The molecule has 90 valence electrons. The number of nitrogens with zero attached hydrogens (tertiary/aromatic N) is 3. The Hall–Kier alpha value is -0.940. The van der Waals surface area contributed by atoms with Crippen LogP contribution in [0.2, 0.25) is 0 Å². The fourth-order valence-corrected chi connectivity index (χ4v) is 2.57. The maximum Gasteiger partial charge on any atom is 0.128 e. The zero-order valence-electron chi connectivity index (χ0n) is 10.1. The smallest absolute Gasteiger partial charge is 0.128 e. The van der Waals surface area contributed by atoms with Gasteiger partial charge in [0.05, 0.1) is 23.4 Å². The summed E-state index contributed by atoms with van der Waals surface area (Å²) in [7, 11) is 2.05. The molecule has 0 aliphatic carbocycles. The molecule has 2 aromatic rings. The van der Waals surface area contributed by atoms with Crippen LogP contribution in [0, 0.1) is 13.8 Å². The van der Waals surface area contributed by atoms with Gasteiger partial charge in [-0.25, -0.2) is 9.97 Å². The Bertz CT molecular complexity index is 524. The van der Waals surface area contributed by atoms with Gasteiger partial charge in [-0.2, -0.15) is 0 Å². The minimum Gasteiger partial charge on any atom is -0.354 e. The zero-order chi connectivity index (χ0) is 12.4. The van der Waals surface area contributed by atoms with E-state index in [9.17, 15) is 0 Å². The first-order valence-corrected chi connectivity index (χ1v) is 6.98. The summed E-state index contributed by atoms with van der Waals surface area (Å²) >= 11 is 5.15. The normalized spacial score (nSPS) is 10.6. The molecule has 0 fully saturated rings. The molecule has 0 spiro atoms. The number of pyridine rings is 1. The highest BCUT2D eigenvalue weighted by Crippen LogP contribution is 2.21. The third kappa shape index (κ3) is 2.84. The Morgan fingerprint density at radius 2 is 2.06 bits per heavy atom. The van der Waals surface area contributed by atoms with Crippen LogP contribution in [-0.2, 0) is 6.54 Å². The third-order valence-corrected chi connectivity index (χ3v) is 4.38. The maximum atomic E-state index is 4.55. The number of hydrogen-bond acceptors (Lipinski definition) is 4. The van der Waals surface area contributed by atoms with Gasteiger partial charge in [0.2, 0.25) is 0 Å². The number of rotatable bonds is 3. The van der Waals surface area contributed by atoms with Crippen molar-refractivity contribution in [1.29, 1.82) is 0 Å². The zero-order valence-corrected chi connectivity index (χ0v) is 12.5. The summed E-state index contributed by atoms with van der Waals surface area (Å²) in [5.41, 5.74) is 4.00. The number of anilines is 1.